The Labute approximate surface area is 137 Å². The lowest BCUT2D eigenvalue weighted by molar-refractivity contribution is -0.118. The lowest BCUT2D eigenvalue weighted by Crippen LogP contribution is -2.27. The fraction of sp³-hybridized carbons (Fsp3) is 0.500. The SMILES string of the molecule is CCCC(=O)N(C)c1cc(-c2nnc(C)o2)ccc1C(C)CC. The van der Waals surface area contributed by atoms with Crippen molar-refractivity contribution >= 4 is 11.6 Å². The Morgan fingerprint density at radius 1 is 1.30 bits per heavy atom. The summed E-state index contributed by atoms with van der Waals surface area (Å²) in [6.07, 6.45) is 2.40. The molecule has 0 saturated heterocycles. The molecule has 0 radical (unpaired) electrons. The van der Waals surface area contributed by atoms with E-state index >= 15 is 0 Å². The molecule has 0 N–H and O–H groups in total. The van der Waals surface area contributed by atoms with Gasteiger partial charge in [-0.2, -0.15) is 0 Å². The molecule has 5 heteroatoms. The zero-order valence-corrected chi connectivity index (χ0v) is 14.6. The van der Waals surface area contributed by atoms with E-state index in [4.69, 9.17) is 4.42 Å². The Balaban J connectivity index is 2.47. The molecule has 23 heavy (non-hydrogen) atoms. The first-order valence-corrected chi connectivity index (χ1v) is 8.18. The third kappa shape index (κ3) is 3.78. The second kappa shape index (κ2) is 7.40. The second-order valence-corrected chi connectivity index (χ2v) is 5.91. The quantitative estimate of drug-likeness (QED) is 0.796. The molecule has 0 spiro atoms. The molecule has 0 aliphatic rings. The smallest absolute Gasteiger partial charge is 0.247 e. The molecule has 1 unspecified atom stereocenters. The fourth-order valence-corrected chi connectivity index (χ4v) is 2.53. The highest BCUT2D eigenvalue weighted by Crippen LogP contribution is 2.33. The van der Waals surface area contributed by atoms with Crippen LogP contribution < -0.4 is 4.90 Å². The number of aromatic nitrogens is 2. The first-order valence-electron chi connectivity index (χ1n) is 8.18. The summed E-state index contributed by atoms with van der Waals surface area (Å²) in [5, 5.41) is 7.95. The molecule has 0 bridgehead atoms. The molecule has 0 aliphatic heterocycles. The van der Waals surface area contributed by atoms with Crippen molar-refractivity contribution < 1.29 is 9.21 Å². The fourth-order valence-electron chi connectivity index (χ4n) is 2.53. The van der Waals surface area contributed by atoms with Crippen LogP contribution in [0, 0.1) is 6.92 Å². The average Bonchev–Trinajstić information content (AvgIpc) is 2.99. The van der Waals surface area contributed by atoms with Gasteiger partial charge in [0.1, 0.15) is 0 Å². The number of rotatable bonds is 6. The highest BCUT2D eigenvalue weighted by molar-refractivity contribution is 5.94. The van der Waals surface area contributed by atoms with Crippen LogP contribution in [0.25, 0.3) is 11.5 Å². The van der Waals surface area contributed by atoms with Crippen LogP contribution in [0.3, 0.4) is 0 Å². The third-order valence-corrected chi connectivity index (χ3v) is 4.15. The zero-order valence-electron chi connectivity index (χ0n) is 14.6. The van der Waals surface area contributed by atoms with Gasteiger partial charge < -0.3 is 9.32 Å². The molecule has 0 fully saturated rings. The molecule has 124 valence electrons. The van der Waals surface area contributed by atoms with E-state index in [1.165, 1.54) is 5.56 Å². The normalized spacial score (nSPS) is 12.2. The van der Waals surface area contributed by atoms with Crippen molar-refractivity contribution in [3.05, 3.63) is 29.7 Å². The van der Waals surface area contributed by atoms with Gasteiger partial charge in [0.15, 0.2) is 0 Å². The summed E-state index contributed by atoms with van der Waals surface area (Å²) in [7, 11) is 1.84. The predicted octanol–water partition coefficient (Wildman–Crippen LogP) is 4.32. The molecular formula is C18H25N3O2. The van der Waals surface area contributed by atoms with E-state index in [0.717, 1.165) is 24.1 Å². The van der Waals surface area contributed by atoms with Crippen LogP contribution >= 0.6 is 0 Å². The minimum absolute atomic E-state index is 0.121. The van der Waals surface area contributed by atoms with E-state index in [9.17, 15) is 4.79 Å². The Morgan fingerprint density at radius 3 is 2.61 bits per heavy atom. The molecule has 1 aromatic heterocycles. The van der Waals surface area contributed by atoms with Crippen molar-refractivity contribution in [2.45, 2.75) is 52.9 Å². The van der Waals surface area contributed by atoms with Gasteiger partial charge in [-0.05, 0) is 36.5 Å². The minimum Gasteiger partial charge on any atom is -0.421 e. The van der Waals surface area contributed by atoms with Gasteiger partial charge in [-0.25, -0.2) is 0 Å². The first kappa shape index (κ1) is 17.2. The van der Waals surface area contributed by atoms with Crippen molar-refractivity contribution in [2.24, 2.45) is 0 Å². The Bertz CT molecular complexity index is 679. The number of hydrogen-bond acceptors (Lipinski definition) is 4. The summed E-state index contributed by atoms with van der Waals surface area (Å²) in [4.78, 5) is 14.1. The van der Waals surface area contributed by atoms with E-state index in [1.807, 2.05) is 26.1 Å². The number of nitrogens with zero attached hydrogens (tertiary/aromatic N) is 3. The van der Waals surface area contributed by atoms with Crippen molar-refractivity contribution in [3.63, 3.8) is 0 Å². The van der Waals surface area contributed by atoms with Crippen LogP contribution in [0.5, 0.6) is 0 Å². The van der Waals surface area contributed by atoms with Gasteiger partial charge in [-0.1, -0.05) is 26.8 Å². The molecule has 2 aromatic rings. The third-order valence-electron chi connectivity index (χ3n) is 4.15. The number of aryl methyl sites for hydroxylation is 1. The summed E-state index contributed by atoms with van der Waals surface area (Å²) >= 11 is 0. The molecule has 5 nitrogen and oxygen atoms in total. The van der Waals surface area contributed by atoms with E-state index in [0.29, 0.717) is 24.1 Å². The monoisotopic (exact) mass is 315 g/mol. The highest BCUT2D eigenvalue weighted by atomic mass is 16.4. The average molecular weight is 315 g/mol. The topological polar surface area (TPSA) is 59.2 Å². The molecule has 2 rings (SSSR count). The van der Waals surface area contributed by atoms with Crippen LogP contribution in [-0.4, -0.2) is 23.2 Å². The maximum absolute atomic E-state index is 12.3. The number of hydrogen-bond donors (Lipinski definition) is 0. The molecule has 1 aromatic carbocycles. The largest absolute Gasteiger partial charge is 0.421 e. The van der Waals surface area contributed by atoms with E-state index < -0.39 is 0 Å². The van der Waals surface area contributed by atoms with Gasteiger partial charge >= 0.3 is 0 Å². The number of benzene rings is 1. The lowest BCUT2D eigenvalue weighted by atomic mass is 9.94. The second-order valence-electron chi connectivity index (χ2n) is 5.91. The van der Waals surface area contributed by atoms with Crippen LogP contribution in [0.2, 0.25) is 0 Å². The minimum atomic E-state index is 0.121. The van der Waals surface area contributed by atoms with Gasteiger partial charge in [-0.15, -0.1) is 10.2 Å². The summed E-state index contributed by atoms with van der Waals surface area (Å²) < 4.78 is 5.51. The summed E-state index contributed by atoms with van der Waals surface area (Å²) in [5.41, 5.74) is 2.93. The predicted molar refractivity (Wildman–Crippen MR) is 91.5 cm³/mol. The summed E-state index contributed by atoms with van der Waals surface area (Å²) in [5.74, 6) is 1.51. The number of anilines is 1. The van der Waals surface area contributed by atoms with E-state index in [2.05, 4.69) is 30.1 Å². The zero-order chi connectivity index (χ0) is 17.0. The Morgan fingerprint density at radius 2 is 2.04 bits per heavy atom. The van der Waals surface area contributed by atoms with Crippen LogP contribution in [-0.2, 0) is 4.79 Å². The van der Waals surface area contributed by atoms with Gasteiger partial charge in [0.25, 0.3) is 0 Å². The highest BCUT2D eigenvalue weighted by Gasteiger charge is 2.19. The number of carbonyl (C=O) groups is 1. The number of carbonyl (C=O) groups excluding carboxylic acids is 1. The van der Waals surface area contributed by atoms with Gasteiger partial charge in [-0.3, -0.25) is 4.79 Å². The van der Waals surface area contributed by atoms with E-state index in [1.54, 1.807) is 11.8 Å². The number of amides is 1. The lowest BCUT2D eigenvalue weighted by Gasteiger charge is -2.24. The maximum atomic E-state index is 12.3. The van der Waals surface area contributed by atoms with Crippen LogP contribution in [0.4, 0.5) is 5.69 Å². The van der Waals surface area contributed by atoms with Gasteiger partial charge in [0.05, 0.1) is 0 Å². The van der Waals surface area contributed by atoms with Gasteiger partial charge in [0, 0.05) is 31.6 Å². The standard InChI is InChI=1S/C18H25N3O2/c1-6-8-17(22)21(5)16-11-14(18-20-19-13(4)23-18)9-10-15(16)12(3)7-2/h9-12H,6-8H2,1-5H3. The molecule has 1 atom stereocenters. The molecular weight excluding hydrogens is 290 g/mol. The molecule has 0 saturated carbocycles. The van der Waals surface area contributed by atoms with Crippen molar-refractivity contribution in [2.75, 3.05) is 11.9 Å². The van der Waals surface area contributed by atoms with Crippen molar-refractivity contribution in [3.8, 4) is 11.5 Å². The van der Waals surface area contributed by atoms with Crippen LogP contribution in [0.15, 0.2) is 22.6 Å². The van der Waals surface area contributed by atoms with Crippen molar-refractivity contribution in [1.29, 1.82) is 0 Å². The molecule has 0 aliphatic carbocycles. The summed E-state index contributed by atoms with van der Waals surface area (Å²) in [6, 6.07) is 6.02. The summed E-state index contributed by atoms with van der Waals surface area (Å²) in [6.45, 7) is 8.10. The van der Waals surface area contributed by atoms with Crippen LogP contribution in [0.1, 0.15) is 57.4 Å². The Kier molecular flexibility index (Phi) is 5.53. The van der Waals surface area contributed by atoms with Gasteiger partial charge in [0.2, 0.25) is 17.7 Å². The Hall–Kier alpha value is -2.17. The van der Waals surface area contributed by atoms with Crippen molar-refractivity contribution in [1.82, 2.24) is 10.2 Å². The van der Waals surface area contributed by atoms with E-state index in [-0.39, 0.29) is 5.91 Å². The molecule has 1 heterocycles. The maximum Gasteiger partial charge on any atom is 0.247 e. The first-order chi connectivity index (χ1) is 11.0. The molecule has 1 amide bonds.